The third-order valence-electron chi connectivity index (χ3n) is 2.65. The second-order valence-electron chi connectivity index (χ2n) is 4.28. The number of unbranched alkanes of at least 4 members (excludes halogenated alkanes) is 3. The summed E-state index contributed by atoms with van der Waals surface area (Å²) in [5, 5.41) is 2.89. The SMILES string of the molecule is CCCCCCNC(=O)c1cncc(C#CCN)c1. The van der Waals surface area contributed by atoms with Gasteiger partial charge in [-0.1, -0.05) is 38.0 Å². The largest absolute Gasteiger partial charge is 0.352 e. The molecule has 0 spiro atoms. The van der Waals surface area contributed by atoms with E-state index in [1.165, 1.54) is 12.8 Å². The van der Waals surface area contributed by atoms with Gasteiger partial charge in [0.2, 0.25) is 0 Å². The van der Waals surface area contributed by atoms with Gasteiger partial charge in [0.1, 0.15) is 0 Å². The van der Waals surface area contributed by atoms with Crippen LogP contribution >= 0.6 is 0 Å². The number of hydrogen-bond donors (Lipinski definition) is 2. The Hall–Kier alpha value is -1.86. The predicted molar refractivity (Wildman–Crippen MR) is 76.6 cm³/mol. The van der Waals surface area contributed by atoms with Gasteiger partial charge in [-0.15, -0.1) is 0 Å². The molecule has 19 heavy (non-hydrogen) atoms. The Balaban J connectivity index is 2.48. The fourth-order valence-corrected chi connectivity index (χ4v) is 1.64. The molecule has 0 fully saturated rings. The van der Waals surface area contributed by atoms with Crippen molar-refractivity contribution in [3.63, 3.8) is 0 Å². The molecule has 0 atom stereocenters. The number of carbonyl (C=O) groups excluding carboxylic acids is 1. The predicted octanol–water partition coefficient (Wildman–Crippen LogP) is 1.70. The molecule has 0 aliphatic rings. The summed E-state index contributed by atoms with van der Waals surface area (Å²) in [6.07, 6.45) is 7.74. The lowest BCUT2D eigenvalue weighted by Gasteiger charge is -2.04. The van der Waals surface area contributed by atoms with E-state index in [0.29, 0.717) is 24.2 Å². The maximum Gasteiger partial charge on any atom is 0.252 e. The molecule has 1 aromatic rings. The molecule has 0 bridgehead atoms. The normalized spacial score (nSPS) is 9.58. The zero-order valence-corrected chi connectivity index (χ0v) is 11.4. The molecule has 102 valence electrons. The van der Waals surface area contributed by atoms with Crippen molar-refractivity contribution in [1.82, 2.24) is 10.3 Å². The minimum Gasteiger partial charge on any atom is -0.352 e. The van der Waals surface area contributed by atoms with E-state index in [9.17, 15) is 4.79 Å². The first-order valence-corrected chi connectivity index (χ1v) is 6.70. The molecule has 0 unspecified atom stereocenters. The molecule has 4 nitrogen and oxygen atoms in total. The van der Waals surface area contributed by atoms with E-state index in [0.717, 1.165) is 12.8 Å². The molecular weight excluding hydrogens is 238 g/mol. The zero-order valence-electron chi connectivity index (χ0n) is 11.4. The molecule has 1 rings (SSSR count). The summed E-state index contributed by atoms with van der Waals surface area (Å²) in [7, 11) is 0. The number of amides is 1. The smallest absolute Gasteiger partial charge is 0.252 e. The molecule has 0 radical (unpaired) electrons. The minimum absolute atomic E-state index is 0.0969. The van der Waals surface area contributed by atoms with Gasteiger partial charge in [-0.2, -0.15) is 0 Å². The molecule has 0 saturated heterocycles. The van der Waals surface area contributed by atoms with E-state index in [2.05, 4.69) is 29.1 Å². The molecule has 1 heterocycles. The van der Waals surface area contributed by atoms with Crippen molar-refractivity contribution >= 4 is 5.91 Å². The van der Waals surface area contributed by atoms with Crippen LogP contribution < -0.4 is 11.1 Å². The van der Waals surface area contributed by atoms with E-state index in [1.54, 1.807) is 18.5 Å². The number of pyridine rings is 1. The number of aromatic nitrogens is 1. The second kappa shape index (κ2) is 9.12. The summed E-state index contributed by atoms with van der Waals surface area (Å²) in [4.78, 5) is 15.9. The Kier molecular flexibility index (Phi) is 7.30. The fraction of sp³-hybridized carbons (Fsp3) is 0.467. The summed E-state index contributed by atoms with van der Waals surface area (Å²) in [5.41, 5.74) is 6.56. The Morgan fingerprint density at radius 3 is 2.95 bits per heavy atom. The molecule has 3 N–H and O–H groups in total. The topological polar surface area (TPSA) is 68.0 Å². The van der Waals surface area contributed by atoms with Crippen molar-refractivity contribution in [3.8, 4) is 11.8 Å². The first kappa shape index (κ1) is 15.2. The van der Waals surface area contributed by atoms with Crippen LogP contribution in [0.2, 0.25) is 0 Å². The highest BCUT2D eigenvalue weighted by atomic mass is 16.1. The Morgan fingerprint density at radius 1 is 1.37 bits per heavy atom. The van der Waals surface area contributed by atoms with Crippen molar-refractivity contribution in [1.29, 1.82) is 0 Å². The van der Waals surface area contributed by atoms with Crippen molar-refractivity contribution in [2.45, 2.75) is 32.6 Å². The molecule has 0 saturated carbocycles. The molecule has 0 aromatic carbocycles. The van der Waals surface area contributed by atoms with Crippen molar-refractivity contribution in [2.75, 3.05) is 13.1 Å². The van der Waals surface area contributed by atoms with Gasteiger partial charge in [-0.05, 0) is 12.5 Å². The van der Waals surface area contributed by atoms with Crippen molar-refractivity contribution in [2.24, 2.45) is 5.73 Å². The van der Waals surface area contributed by atoms with E-state index < -0.39 is 0 Å². The maximum absolute atomic E-state index is 11.9. The average molecular weight is 259 g/mol. The molecule has 4 heteroatoms. The fourth-order valence-electron chi connectivity index (χ4n) is 1.64. The lowest BCUT2D eigenvalue weighted by atomic mass is 10.2. The van der Waals surface area contributed by atoms with Crippen LogP contribution in [0.25, 0.3) is 0 Å². The standard InChI is InChI=1S/C15H21N3O/c1-2-3-4-5-9-18-15(19)14-10-13(7-6-8-16)11-17-12-14/h10-12H,2-5,8-9,16H2,1H3,(H,18,19). The number of hydrogen-bond acceptors (Lipinski definition) is 3. The lowest BCUT2D eigenvalue weighted by molar-refractivity contribution is 0.0952. The van der Waals surface area contributed by atoms with Gasteiger partial charge < -0.3 is 11.1 Å². The Bertz CT molecular complexity index is 460. The van der Waals surface area contributed by atoms with Gasteiger partial charge in [-0.25, -0.2) is 0 Å². The number of carbonyl (C=O) groups is 1. The van der Waals surface area contributed by atoms with Gasteiger partial charge in [-0.3, -0.25) is 9.78 Å². The monoisotopic (exact) mass is 259 g/mol. The summed E-state index contributed by atoms with van der Waals surface area (Å²) < 4.78 is 0. The van der Waals surface area contributed by atoms with E-state index in [-0.39, 0.29) is 5.91 Å². The quantitative estimate of drug-likeness (QED) is 0.603. The van der Waals surface area contributed by atoms with Crippen molar-refractivity contribution in [3.05, 3.63) is 29.6 Å². The average Bonchev–Trinajstić information content (AvgIpc) is 2.45. The van der Waals surface area contributed by atoms with E-state index in [4.69, 9.17) is 5.73 Å². The van der Waals surface area contributed by atoms with Crippen LogP contribution in [0, 0.1) is 11.8 Å². The Labute approximate surface area is 114 Å². The molecule has 1 aromatic heterocycles. The number of rotatable bonds is 6. The first-order valence-electron chi connectivity index (χ1n) is 6.70. The molecule has 0 aliphatic carbocycles. The van der Waals surface area contributed by atoms with Crippen LogP contribution in [0.5, 0.6) is 0 Å². The highest BCUT2D eigenvalue weighted by molar-refractivity contribution is 5.94. The van der Waals surface area contributed by atoms with Crippen molar-refractivity contribution < 1.29 is 4.79 Å². The van der Waals surface area contributed by atoms with Gasteiger partial charge in [0.05, 0.1) is 12.1 Å². The van der Waals surface area contributed by atoms with Crippen LogP contribution in [-0.4, -0.2) is 24.0 Å². The summed E-state index contributed by atoms with van der Waals surface area (Å²) >= 11 is 0. The second-order valence-corrected chi connectivity index (χ2v) is 4.28. The number of nitrogens with one attached hydrogen (secondary N) is 1. The van der Waals surface area contributed by atoms with Crippen LogP contribution in [0.3, 0.4) is 0 Å². The summed E-state index contributed by atoms with van der Waals surface area (Å²) in [6.45, 7) is 3.17. The molecule has 1 amide bonds. The number of nitrogens with zero attached hydrogens (tertiary/aromatic N) is 1. The molecular formula is C15H21N3O. The van der Waals surface area contributed by atoms with Gasteiger partial charge in [0.25, 0.3) is 5.91 Å². The van der Waals surface area contributed by atoms with Crippen LogP contribution in [0.1, 0.15) is 48.5 Å². The minimum atomic E-state index is -0.0969. The van der Waals surface area contributed by atoms with Gasteiger partial charge in [0, 0.05) is 24.5 Å². The third-order valence-corrected chi connectivity index (χ3v) is 2.65. The maximum atomic E-state index is 11.9. The van der Waals surface area contributed by atoms with E-state index >= 15 is 0 Å². The first-order chi connectivity index (χ1) is 9.27. The van der Waals surface area contributed by atoms with Crippen LogP contribution in [0.15, 0.2) is 18.5 Å². The highest BCUT2D eigenvalue weighted by Crippen LogP contribution is 2.02. The highest BCUT2D eigenvalue weighted by Gasteiger charge is 2.05. The third kappa shape index (κ3) is 6.03. The summed E-state index contributed by atoms with van der Waals surface area (Å²) in [6, 6.07) is 1.73. The number of nitrogens with two attached hydrogens (primary N) is 1. The summed E-state index contributed by atoms with van der Waals surface area (Å²) in [5.74, 6) is 5.51. The zero-order chi connectivity index (χ0) is 13.9. The van der Waals surface area contributed by atoms with Crippen LogP contribution in [-0.2, 0) is 0 Å². The van der Waals surface area contributed by atoms with Gasteiger partial charge in [0.15, 0.2) is 0 Å². The Morgan fingerprint density at radius 2 is 2.21 bits per heavy atom. The lowest BCUT2D eigenvalue weighted by Crippen LogP contribution is -2.24. The van der Waals surface area contributed by atoms with E-state index in [1.807, 2.05) is 0 Å². The van der Waals surface area contributed by atoms with Crippen LogP contribution in [0.4, 0.5) is 0 Å². The molecule has 0 aliphatic heterocycles. The van der Waals surface area contributed by atoms with Gasteiger partial charge >= 0.3 is 0 Å².